The molecule has 0 bridgehead atoms. The molecule has 1 rings (SSSR count). The third kappa shape index (κ3) is 9.26. The first-order chi connectivity index (χ1) is 12.0. The molecule has 1 heterocycles. The van der Waals surface area contributed by atoms with Gasteiger partial charge in [0.25, 0.3) is 0 Å². The highest BCUT2D eigenvalue weighted by molar-refractivity contribution is 5.77. The van der Waals surface area contributed by atoms with Crippen molar-refractivity contribution in [1.82, 2.24) is 4.90 Å². The van der Waals surface area contributed by atoms with Crippen molar-refractivity contribution in [3.8, 4) is 0 Å². The number of piperidine rings is 1. The molecule has 1 aliphatic heterocycles. The van der Waals surface area contributed by atoms with Crippen molar-refractivity contribution in [2.24, 2.45) is 0 Å². The van der Waals surface area contributed by atoms with Crippen LogP contribution in [-0.2, 0) is 19.1 Å². The highest BCUT2D eigenvalue weighted by Gasteiger charge is 2.25. The molecule has 0 aliphatic carbocycles. The monoisotopic (exact) mass is 355 g/mol. The number of aliphatic carboxylic acids is 1. The third-order valence-corrected chi connectivity index (χ3v) is 3.94. The lowest BCUT2D eigenvalue weighted by Gasteiger charge is -2.33. The van der Waals surface area contributed by atoms with Crippen LogP contribution in [0.1, 0.15) is 38.5 Å². The van der Waals surface area contributed by atoms with Crippen LogP contribution in [0.15, 0.2) is 24.5 Å². The zero-order valence-electron chi connectivity index (χ0n) is 14.8. The van der Waals surface area contributed by atoms with E-state index < -0.39 is 12.1 Å². The molecule has 7 nitrogen and oxygen atoms in total. The van der Waals surface area contributed by atoms with Gasteiger partial charge in [-0.25, -0.2) is 0 Å². The number of likely N-dealkylation sites (tertiary alicyclic amines) is 1. The Morgan fingerprint density at radius 3 is 2.96 bits per heavy atom. The fourth-order valence-electron chi connectivity index (χ4n) is 2.61. The Bertz CT molecular complexity index is 462. The summed E-state index contributed by atoms with van der Waals surface area (Å²) in [5.74, 6) is -0.834. The van der Waals surface area contributed by atoms with E-state index in [4.69, 9.17) is 14.6 Å². The summed E-state index contributed by atoms with van der Waals surface area (Å²) in [6.45, 7) is 1.13. The van der Waals surface area contributed by atoms with Gasteiger partial charge in [-0.2, -0.15) is 0 Å². The molecular weight excluding hydrogens is 326 g/mol. The second-order valence-electron chi connectivity index (χ2n) is 5.98. The predicted octanol–water partition coefficient (Wildman–Crippen LogP) is 1.72. The maximum atomic E-state index is 12.1. The molecule has 1 saturated heterocycles. The van der Waals surface area contributed by atoms with E-state index in [1.165, 1.54) is 6.26 Å². The van der Waals surface area contributed by atoms with Crippen molar-refractivity contribution < 1.29 is 29.3 Å². The number of rotatable bonds is 12. The molecule has 2 N–H and O–H groups in total. The van der Waals surface area contributed by atoms with Crippen LogP contribution in [0.25, 0.3) is 0 Å². The van der Waals surface area contributed by atoms with Gasteiger partial charge in [0.1, 0.15) is 0 Å². The van der Waals surface area contributed by atoms with Crippen molar-refractivity contribution in [3.63, 3.8) is 0 Å². The number of hydrogen-bond acceptors (Lipinski definition) is 5. The number of hydrogen-bond donors (Lipinski definition) is 2. The van der Waals surface area contributed by atoms with Crippen molar-refractivity contribution >= 4 is 11.9 Å². The molecular formula is C18H29NO6. The summed E-state index contributed by atoms with van der Waals surface area (Å²) in [7, 11) is 1.63. The van der Waals surface area contributed by atoms with Crippen molar-refractivity contribution in [1.29, 1.82) is 0 Å². The first-order valence-corrected chi connectivity index (χ1v) is 8.67. The maximum Gasteiger partial charge on any atom is 0.306 e. The molecule has 1 unspecified atom stereocenters. The van der Waals surface area contributed by atoms with Gasteiger partial charge in [0.2, 0.25) is 5.91 Å². The second-order valence-corrected chi connectivity index (χ2v) is 5.98. The van der Waals surface area contributed by atoms with Crippen LogP contribution in [0.3, 0.4) is 0 Å². The van der Waals surface area contributed by atoms with Crippen molar-refractivity contribution in [2.45, 2.75) is 50.7 Å². The van der Waals surface area contributed by atoms with E-state index in [9.17, 15) is 14.7 Å². The van der Waals surface area contributed by atoms with E-state index in [1.54, 1.807) is 24.2 Å². The van der Waals surface area contributed by atoms with Crippen LogP contribution in [0, 0.1) is 0 Å². The van der Waals surface area contributed by atoms with Crippen LogP contribution >= 0.6 is 0 Å². The Kier molecular flexibility index (Phi) is 10.6. The number of carboxylic acid groups (broad SMARTS) is 1. The molecule has 7 heteroatoms. The summed E-state index contributed by atoms with van der Waals surface area (Å²) in [5, 5.41) is 18.5. The molecule has 0 aromatic rings. The quantitative estimate of drug-likeness (QED) is 0.314. The molecule has 1 amide bonds. The Labute approximate surface area is 148 Å². The van der Waals surface area contributed by atoms with Gasteiger partial charge >= 0.3 is 5.97 Å². The van der Waals surface area contributed by atoms with E-state index in [-0.39, 0.29) is 25.0 Å². The second kappa shape index (κ2) is 12.5. The summed E-state index contributed by atoms with van der Waals surface area (Å²) in [5.41, 5.74) is 0. The summed E-state index contributed by atoms with van der Waals surface area (Å²) in [6.07, 6.45) is 9.83. The van der Waals surface area contributed by atoms with E-state index >= 15 is 0 Å². The number of methoxy groups -OCH3 is 1. The average molecular weight is 355 g/mol. The van der Waals surface area contributed by atoms with E-state index in [0.29, 0.717) is 26.0 Å². The summed E-state index contributed by atoms with van der Waals surface area (Å²) in [6, 6.07) is -0.0398. The average Bonchev–Trinajstić information content (AvgIpc) is 2.57. The lowest BCUT2D eigenvalue weighted by atomic mass is 10.00. The Balaban J connectivity index is 2.45. The number of carbonyl (C=O) groups excluding carboxylic acids is 1. The minimum absolute atomic E-state index is 0.0398. The molecule has 0 aromatic heterocycles. The molecule has 142 valence electrons. The zero-order chi connectivity index (χ0) is 18.5. The predicted molar refractivity (Wildman–Crippen MR) is 93.0 cm³/mol. The van der Waals surface area contributed by atoms with Gasteiger partial charge in [-0.1, -0.05) is 12.2 Å². The van der Waals surface area contributed by atoms with E-state index in [0.717, 1.165) is 19.3 Å². The van der Waals surface area contributed by atoms with Crippen molar-refractivity contribution in [2.75, 3.05) is 26.9 Å². The fraction of sp³-hybridized carbons (Fsp3) is 0.667. The standard InChI is InChI=1S/C18H29NO6/c1-24-12-3-6-16(20)9-8-15-5-2-7-17(21)19(15)11-4-13-25-14-10-18(22)23/h4,8-9,13,15-16,20H,2-3,5-7,10-12,14H2,1H3,(H,22,23)/t15-,16?/m1/s1. The fourth-order valence-corrected chi connectivity index (χ4v) is 2.61. The smallest absolute Gasteiger partial charge is 0.306 e. The van der Waals surface area contributed by atoms with Gasteiger partial charge in [0, 0.05) is 26.7 Å². The number of aliphatic hydroxyl groups excluding tert-OH is 1. The lowest BCUT2D eigenvalue weighted by Crippen LogP contribution is -2.42. The molecule has 0 saturated carbocycles. The highest BCUT2D eigenvalue weighted by Crippen LogP contribution is 2.19. The largest absolute Gasteiger partial charge is 0.501 e. The van der Waals surface area contributed by atoms with Crippen LogP contribution in [0.2, 0.25) is 0 Å². The number of carbonyl (C=O) groups is 2. The summed E-state index contributed by atoms with van der Waals surface area (Å²) in [4.78, 5) is 24.3. The van der Waals surface area contributed by atoms with Crippen LogP contribution < -0.4 is 0 Å². The third-order valence-electron chi connectivity index (χ3n) is 3.94. The van der Waals surface area contributed by atoms with Crippen molar-refractivity contribution in [3.05, 3.63) is 24.5 Å². The number of ether oxygens (including phenoxy) is 2. The highest BCUT2D eigenvalue weighted by atomic mass is 16.5. The van der Waals surface area contributed by atoms with Gasteiger partial charge in [-0.05, 0) is 31.8 Å². The first-order valence-electron chi connectivity index (χ1n) is 8.67. The molecule has 0 spiro atoms. The maximum absolute atomic E-state index is 12.1. The van der Waals surface area contributed by atoms with Crippen LogP contribution in [0.5, 0.6) is 0 Å². The summed E-state index contributed by atoms with van der Waals surface area (Å²) < 4.78 is 10.1. The molecule has 0 aromatic carbocycles. The first kappa shape index (κ1) is 21.2. The van der Waals surface area contributed by atoms with Crippen LogP contribution in [-0.4, -0.2) is 66.0 Å². The topological polar surface area (TPSA) is 96.3 Å². The zero-order valence-corrected chi connectivity index (χ0v) is 14.8. The molecule has 25 heavy (non-hydrogen) atoms. The molecule has 0 radical (unpaired) electrons. The molecule has 2 atom stereocenters. The minimum atomic E-state index is -0.908. The number of nitrogens with zero attached hydrogens (tertiary/aromatic N) is 1. The van der Waals surface area contributed by atoms with Crippen LogP contribution in [0.4, 0.5) is 0 Å². The van der Waals surface area contributed by atoms with Gasteiger partial charge in [0.05, 0.1) is 31.4 Å². The molecule has 1 fully saturated rings. The number of carboxylic acids is 1. The van der Waals surface area contributed by atoms with Gasteiger partial charge in [0.15, 0.2) is 0 Å². The number of amides is 1. The SMILES string of the molecule is COCCCC(O)C=C[C@H]1CCCC(=O)N1CC=COCCC(=O)O. The Hall–Kier alpha value is -1.86. The normalized spacial score (nSPS) is 19.7. The number of aliphatic hydroxyl groups is 1. The summed E-state index contributed by atoms with van der Waals surface area (Å²) >= 11 is 0. The van der Waals surface area contributed by atoms with Gasteiger partial charge < -0.3 is 24.6 Å². The Morgan fingerprint density at radius 1 is 1.44 bits per heavy atom. The minimum Gasteiger partial charge on any atom is -0.501 e. The van der Waals surface area contributed by atoms with E-state index in [1.807, 2.05) is 6.08 Å². The van der Waals surface area contributed by atoms with E-state index in [2.05, 4.69) is 0 Å². The van der Waals surface area contributed by atoms with Gasteiger partial charge in [-0.3, -0.25) is 9.59 Å². The lowest BCUT2D eigenvalue weighted by molar-refractivity contribution is -0.137. The Morgan fingerprint density at radius 2 is 2.24 bits per heavy atom. The molecule has 1 aliphatic rings. The van der Waals surface area contributed by atoms with Gasteiger partial charge in [-0.15, -0.1) is 0 Å².